The Kier molecular flexibility index (Phi) is 5.16. The second kappa shape index (κ2) is 6.40. The molecule has 1 rings (SSSR count). The van der Waals surface area contributed by atoms with Gasteiger partial charge in [-0.3, -0.25) is 4.79 Å². The van der Waals surface area contributed by atoms with Gasteiger partial charge in [0.2, 0.25) is 0 Å². The van der Waals surface area contributed by atoms with E-state index in [1.807, 2.05) is 37.3 Å². The summed E-state index contributed by atoms with van der Waals surface area (Å²) in [6.07, 6.45) is 2.03. The molecule has 0 aliphatic carbocycles. The Balaban J connectivity index is 2.81. The van der Waals surface area contributed by atoms with Crippen molar-refractivity contribution in [2.75, 3.05) is 6.61 Å². The van der Waals surface area contributed by atoms with Crippen LogP contribution in [0.15, 0.2) is 30.3 Å². The Morgan fingerprint density at radius 2 is 1.94 bits per heavy atom. The van der Waals surface area contributed by atoms with Crippen molar-refractivity contribution in [1.82, 2.24) is 0 Å². The van der Waals surface area contributed by atoms with Gasteiger partial charge in [0.25, 0.3) is 0 Å². The third-order valence-corrected chi connectivity index (χ3v) is 2.74. The molecule has 1 unspecified atom stereocenters. The van der Waals surface area contributed by atoms with Gasteiger partial charge < -0.3 is 10.5 Å². The number of carbonyl (C=O) groups excluding carboxylic acids is 1. The number of carbonyl (C=O) groups is 1. The predicted octanol–water partition coefficient (Wildman–Crippen LogP) is 2.29. The van der Waals surface area contributed by atoms with Gasteiger partial charge >= 0.3 is 5.97 Å². The molecule has 3 heteroatoms. The van der Waals surface area contributed by atoms with Crippen molar-refractivity contribution in [3.63, 3.8) is 0 Å². The van der Waals surface area contributed by atoms with Crippen LogP contribution in [0.5, 0.6) is 0 Å². The molecular weight excluding hydrogens is 214 g/mol. The standard InChI is InChI=1S/C14H21NO2/c1-3-10-14(15,13(16)17-4-2)11-12-8-6-5-7-9-12/h5-9H,3-4,10-11,15H2,1-2H3. The highest BCUT2D eigenvalue weighted by Crippen LogP contribution is 2.18. The van der Waals surface area contributed by atoms with Crippen molar-refractivity contribution >= 4 is 5.97 Å². The zero-order valence-electron chi connectivity index (χ0n) is 10.6. The first kappa shape index (κ1) is 13.7. The normalized spacial score (nSPS) is 14.1. The third-order valence-electron chi connectivity index (χ3n) is 2.74. The minimum absolute atomic E-state index is 0.300. The van der Waals surface area contributed by atoms with E-state index in [4.69, 9.17) is 10.5 Å². The minimum atomic E-state index is -0.897. The highest BCUT2D eigenvalue weighted by atomic mass is 16.5. The molecule has 0 aliphatic heterocycles. The number of benzene rings is 1. The lowest BCUT2D eigenvalue weighted by atomic mass is 9.87. The lowest BCUT2D eigenvalue weighted by Crippen LogP contribution is -2.50. The zero-order valence-corrected chi connectivity index (χ0v) is 10.6. The number of esters is 1. The topological polar surface area (TPSA) is 52.3 Å². The lowest BCUT2D eigenvalue weighted by molar-refractivity contribution is -0.150. The number of rotatable bonds is 6. The summed E-state index contributed by atoms with van der Waals surface area (Å²) in [5.74, 6) is -0.300. The summed E-state index contributed by atoms with van der Waals surface area (Å²) in [4.78, 5) is 11.9. The van der Waals surface area contributed by atoms with Crippen molar-refractivity contribution in [2.45, 2.75) is 38.6 Å². The van der Waals surface area contributed by atoms with Gasteiger partial charge in [-0.15, -0.1) is 0 Å². The fraction of sp³-hybridized carbons (Fsp3) is 0.500. The summed E-state index contributed by atoms with van der Waals surface area (Å²) in [5.41, 5.74) is 6.37. The first-order valence-corrected chi connectivity index (χ1v) is 6.12. The summed E-state index contributed by atoms with van der Waals surface area (Å²) < 4.78 is 5.07. The number of hydrogen-bond acceptors (Lipinski definition) is 3. The van der Waals surface area contributed by atoms with Crippen LogP contribution in [-0.4, -0.2) is 18.1 Å². The molecule has 0 spiro atoms. The van der Waals surface area contributed by atoms with E-state index in [1.54, 1.807) is 6.92 Å². The first-order chi connectivity index (χ1) is 8.12. The summed E-state index contributed by atoms with van der Waals surface area (Å²) in [5, 5.41) is 0. The van der Waals surface area contributed by atoms with E-state index in [2.05, 4.69) is 0 Å². The zero-order chi connectivity index (χ0) is 12.7. The molecule has 94 valence electrons. The summed E-state index contributed by atoms with van der Waals surface area (Å²) in [6, 6.07) is 9.82. The van der Waals surface area contributed by atoms with Crippen LogP contribution in [0.25, 0.3) is 0 Å². The Bertz CT molecular complexity index is 350. The number of nitrogens with two attached hydrogens (primary N) is 1. The van der Waals surface area contributed by atoms with Gasteiger partial charge in [-0.05, 0) is 18.9 Å². The highest BCUT2D eigenvalue weighted by Gasteiger charge is 2.34. The average Bonchev–Trinajstić information content (AvgIpc) is 2.31. The van der Waals surface area contributed by atoms with E-state index < -0.39 is 5.54 Å². The average molecular weight is 235 g/mol. The van der Waals surface area contributed by atoms with E-state index in [0.717, 1.165) is 12.0 Å². The molecule has 0 fully saturated rings. The van der Waals surface area contributed by atoms with Gasteiger partial charge in [-0.2, -0.15) is 0 Å². The van der Waals surface area contributed by atoms with Crippen LogP contribution in [0, 0.1) is 0 Å². The van der Waals surface area contributed by atoms with E-state index in [9.17, 15) is 4.79 Å². The maximum absolute atomic E-state index is 11.9. The van der Waals surface area contributed by atoms with Crippen LogP contribution in [0.4, 0.5) is 0 Å². The predicted molar refractivity (Wildman–Crippen MR) is 68.6 cm³/mol. The monoisotopic (exact) mass is 235 g/mol. The maximum Gasteiger partial charge on any atom is 0.326 e. The van der Waals surface area contributed by atoms with Crippen LogP contribution in [-0.2, 0) is 16.0 Å². The summed E-state index contributed by atoms with van der Waals surface area (Å²) in [6.45, 7) is 4.19. The molecule has 0 bridgehead atoms. The Labute approximate surface area is 103 Å². The van der Waals surface area contributed by atoms with Crippen molar-refractivity contribution in [3.05, 3.63) is 35.9 Å². The smallest absolute Gasteiger partial charge is 0.326 e. The fourth-order valence-corrected chi connectivity index (χ4v) is 1.94. The van der Waals surface area contributed by atoms with Crippen LogP contribution in [0.2, 0.25) is 0 Å². The second-order valence-corrected chi connectivity index (χ2v) is 4.29. The van der Waals surface area contributed by atoms with Gasteiger partial charge in [-0.25, -0.2) is 0 Å². The molecule has 0 saturated carbocycles. The van der Waals surface area contributed by atoms with Crippen molar-refractivity contribution in [2.24, 2.45) is 5.73 Å². The van der Waals surface area contributed by atoms with Gasteiger partial charge in [0.05, 0.1) is 6.61 Å². The van der Waals surface area contributed by atoms with E-state index in [1.165, 1.54) is 0 Å². The molecule has 0 heterocycles. The minimum Gasteiger partial charge on any atom is -0.465 e. The molecule has 0 radical (unpaired) electrons. The van der Waals surface area contributed by atoms with Crippen LogP contribution >= 0.6 is 0 Å². The third kappa shape index (κ3) is 3.86. The summed E-state index contributed by atoms with van der Waals surface area (Å²) in [7, 11) is 0. The first-order valence-electron chi connectivity index (χ1n) is 6.12. The quantitative estimate of drug-likeness (QED) is 0.770. The van der Waals surface area contributed by atoms with Gasteiger partial charge in [0, 0.05) is 6.42 Å². The van der Waals surface area contributed by atoms with Crippen LogP contribution in [0.1, 0.15) is 32.3 Å². The van der Waals surface area contributed by atoms with Crippen LogP contribution in [0.3, 0.4) is 0 Å². The largest absolute Gasteiger partial charge is 0.465 e. The van der Waals surface area contributed by atoms with Crippen molar-refractivity contribution in [1.29, 1.82) is 0 Å². The Hall–Kier alpha value is -1.35. The SMILES string of the molecule is CCCC(N)(Cc1ccccc1)C(=O)OCC. The summed E-state index contributed by atoms with van der Waals surface area (Å²) >= 11 is 0. The fourth-order valence-electron chi connectivity index (χ4n) is 1.94. The van der Waals surface area contributed by atoms with Crippen LogP contribution < -0.4 is 5.73 Å². The molecule has 0 aromatic heterocycles. The molecular formula is C14H21NO2. The molecule has 1 atom stereocenters. The second-order valence-electron chi connectivity index (χ2n) is 4.29. The van der Waals surface area contributed by atoms with Gasteiger partial charge in [0.15, 0.2) is 0 Å². The molecule has 3 nitrogen and oxygen atoms in total. The molecule has 1 aromatic rings. The lowest BCUT2D eigenvalue weighted by Gasteiger charge is -2.26. The van der Waals surface area contributed by atoms with Gasteiger partial charge in [-0.1, -0.05) is 43.7 Å². The van der Waals surface area contributed by atoms with E-state index >= 15 is 0 Å². The number of ether oxygens (including phenoxy) is 1. The van der Waals surface area contributed by atoms with Crippen molar-refractivity contribution in [3.8, 4) is 0 Å². The van der Waals surface area contributed by atoms with Gasteiger partial charge in [0.1, 0.15) is 5.54 Å². The molecule has 0 saturated heterocycles. The van der Waals surface area contributed by atoms with Crippen molar-refractivity contribution < 1.29 is 9.53 Å². The molecule has 17 heavy (non-hydrogen) atoms. The highest BCUT2D eigenvalue weighted by molar-refractivity contribution is 5.81. The molecule has 0 aliphatic rings. The maximum atomic E-state index is 11.9. The number of hydrogen-bond donors (Lipinski definition) is 1. The molecule has 1 aromatic carbocycles. The molecule has 2 N–H and O–H groups in total. The Morgan fingerprint density at radius 3 is 2.47 bits per heavy atom. The van der Waals surface area contributed by atoms with E-state index in [-0.39, 0.29) is 5.97 Å². The van der Waals surface area contributed by atoms with E-state index in [0.29, 0.717) is 19.4 Å². The Morgan fingerprint density at radius 1 is 1.29 bits per heavy atom. The molecule has 0 amide bonds.